The Labute approximate surface area is 160 Å². The van der Waals surface area contributed by atoms with Gasteiger partial charge in [-0.1, -0.05) is 11.6 Å². The summed E-state index contributed by atoms with van der Waals surface area (Å²) < 4.78 is 0. The molecule has 1 aromatic carbocycles. The van der Waals surface area contributed by atoms with E-state index in [0.29, 0.717) is 16.3 Å². The summed E-state index contributed by atoms with van der Waals surface area (Å²) in [6.07, 6.45) is 4.01. The number of halogens is 1. The second-order valence-corrected chi connectivity index (χ2v) is 5.35. The third kappa shape index (κ3) is 3.73. The minimum absolute atomic E-state index is 0. The number of rotatable bonds is 3. The Kier molecular flexibility index (Phi) is 5.61. The van der Waals surface area contributed by atoms with Crippen molar-refractivity contribution < 1.29 is 29.4 Å². The van der Waals surface area contributed by atoms with Gasteiger partial charge < -0.3 is 32.1 Å². The molecule has 8 nitrogen and oxygen atoms in total. The molecule has 2 heterocycles. The summed E-state index contributed by atoms with van der Waals surface area (Å²) in [5, 5.41) is 20.7. The number of aromatic nitrogens is 3. The second kappa shape index (κ2) is 7.50. The average Bonchev–Trinajstić information content (AvgIpc) is 3.00. The van der Waals surface area contributed by atoms with Gasteiger partial charge in [-0.05, 0) is 18.2 Å². The molecule has 0 saturated carbocycles. The Balaban J connectivity index is 0.00000225. The molecular weight excluding hydrogens is 433 g/mol. The van der Waals surface area contributed by atoms with E-state index in [0.717, 1.165) is 0 Å². The number of amides is 1. The standard InChI is InChI=1S/C15H13ClN6O2.Ru/c16-7-1-2-12(23)8(3-7)14-11(6-20-22-14)21-15(24)9-4-19-5-10(17)13(9)18;/h1-6H,17H2,(H5,18,19,20,21,22,23,24);/q;+1/p-1. The maximum Gasteiger partial charge on any atom is 1.00 e. The number of nitrogens with one attached hydrogen (secondary N) is 1. The van der Waals surface area contributed by atoms with Crippen LogP contribution in [0.15, 0.2) is 36.8 Å². The van der Waals surface area contributed by atoms with Crippen LogP contribution in [0.25, 0.3) is 11.3 Å². The maximum atomic E-state index is 12.4. The molecule has 10 heteroatoms. The molecule has 0 saturated heterocycles. The van der Waals surface area contributed by atoms with Gasteiger partial charge in [-0.3, -0.25) is 9.78 Å². The van der Waals surface area contributed by atoms with Crippen molar-refractivity contribution in [3.05, 3.63) is 47.4 Å². The van der Waals surface area contributed by atoms with Crippen molar-refractivity contribution in [1.29, 1.82) is 0 Å². The van der Waals surface area contributed by atoms with E-state index >= 15 is 0 Å². The molecule has 0 aliphatic carbocycles. The van der Waals surface area contributed by atoms with E-state index in [4.69, 9.17) is 23.1 Å². The smallest absolute Gasteiger partial charge is 0.579 e. The van der Waals surface area contributed by atoms with Gasteiger partial charge in [0.05, 0.1) is 28.8 Å². The SMILES string of the molecule is Nc1cncc(C(=O)Nc2c[n-]nc2-c2cc(Cl)ccc2O)c1N.[Ru+]. The van der Waals surface area contributed by atoms with Crippen molar-refractivity contribution in [3.63, 3.8) is 0 Å². The van der Waals surface area contributed by atoms with Crippen LogP contribution in [0, 0.1) is 0 Å². The van der Waals surface area contributed by atoms with Crippen LogP contribution in [0.4, 0.5) is 17.1 Å². The predicted molar refractivity (Wildman–Crippen MR) is 90.7 cm³/mol. The van der Waals surface area contributed by atoms with Crippen LogP contribution in [0.2, 0.25) is 5.02 Å². The fraction of sp³-hybridized carbons (Fsp3) is 0. The molecule has 0 fully saturated rings. The largest absolute Gasteiger partial charge is 1.00 e. The molecule has 25 heavy (non-hydrogen) atoms. The van der Waals surface area contributed by atoms with Crippen molar-refractivity contribution in [3.8, 4) is 17.0 Å². The Morgan fingerprint density at radius 3 is 2.80 bits per heavy atom. The van der Waals surface area contributed by atoms with Crippen molar-refractivity contribution in [2.75, 3.05) is 16.8 Å². The number of pyridine rings is 1. The van der Waals surface area contributed by atoms with Gasteiger partial charge in [0.15, 0.2) is 0 Å². The third-order valence-electron chi connectivity index (χ3n) is 3.32. The monoisotopic (exact) mass is 445 g/mol. The van der Waals surface area contributed by atoms with Gasteiger partial charge in [-0.15, -0.1) is 6.20 Å². The first-order valence-electron chi connectivity index (χ1n) is 6.75. The summed E-state index contributed by atoms with van der Waals surface area (Å²) in [5.74, 6) is -0.564. The number of nitrogen functional groups attached to an aromatic ring is 2. The van der Waals surface area contributed by atoms with E-state index in [1.54, 1.807) is 0 Å². The van der Waals surface area contributed by atoms with Gasteiger partial charge in [0.2, 0.25) is 0 Å². The second-order valence-electron chi connectivity index (χ2n) is 4.91. The van der Waals surface area contributed by atoms with Crippen LogP contribution >= 0.6 is 11.6 Å². The van der Waals surface area contributed by atoms with Gasteiger partial charge in [-0.2, -0.15) is 0 Å². The minimum Gasteiger partial charge on any atom is -0.579 e. The van der Waals surface area contributed by atoms with Crippen LogP contribution in [-0.2, 0) is 19.5 Å². The number of anilines is 3. The predicted octanol–water partition coefficient (Wildman–Crippen LogP) is 1.87. The van der Waals surface area contributed by atoms with Gasteiger partial charge in [0, 0.05) is 22.5 Å². The molecule has 2 aromatic heterocycles. The zero-order chi connectivity index (χ0) is 17.3. The fourth-order valence-corrected chi connectivity index (χ4v) is 2.28. The van der Waals surface area contributed by atoms with E-state index < -0.39 is 5.91 Å². The molecule has 0 aliphatic heterocycles. The topological polar surface area (TPSA) is 141 Å². The van der Waals surface area contributed by atoms with Crippen LogP contribution in [-0.4, -0.2) is 21.1 Å². The number of nitrogens with zero attached hydrogens (tertiary/aromatic N) is 3. The Bertz CT molecular complexity index is 930. The van der Waals surface area contributed by atoms with Gasteiger partial charge in [0.25, 0.3) is 5.91 Å². The molecule has 3 aromatic rings. The third-order valence-corrected chi connectivity index (χ3v) is 3.56. The normalized spacial score (nSPS) is 10.1. The molecule has 0 bridgehead atoms. The van der Waals surface area contributed by atoms with E-state index in [1.807, 2.05) is 0 Å². The molecule has 0 unspecified atom stereocenters. The minimum atomic E-state index is -0.523. The van der Waals surface area contributed by atoms with Gasteiger partial charge >= 0.3 is 19.5 Å². The number of phenolic OH excluding ortho intramolecular Hbond substituents is 1. The van der Waals surface area contributed by atoms with E-state index in [9.17, 15) is 9.90 Å². The number of carbonyl (C=O) groups excluding carboxylic acids is 1. The number of hydrogen-bond donors (Lipinski definition) is 4. The van der Waals surface area contributed by atoms with Crippen molar-refractivity contribution in [2.45, 2.75) is 0 Å². The molecule has 1 amide bonds. The first kappa shape index (κ1) is 18.7. The van der Waals surface area contributed by atoms with E-state index in [1.165, 1.54) is 36.8 Å². The molecule has 0 spiro atoms. The molecule has 0 atom stereocenters. The number of hydrogen-bond acceptors (Lipinski definition) is 6. The summed E-state index contributed by atoms with van der Waals surface area (Å²) in [4.78, 5) is 16.2. The molecule has 6 N–H and O–H groups in total. The summed E-state index contributed by atoms with van der Waals surface area (Å²) >= 11 is 5.94. The zero-order valence-electron chi connectivity index (χ0n) is 12.5. The quantitative estimate of drug-likeness (QED) is 0.452. The van der Waals surface area contributed by atoms with Crippen LogP contribution in [0.5, 0.6) is 5.75 Å². The maximum absolute atomic E-state index is 12.4. The van der Waals surface area contributed by atoms with Gasteiger partial charge in [0.1, 0.15) is 5.75 Å². The number of nitrogens with two attached hydrogens (primary N) is 2. The average molecular weight is 445 g/mol. The Hall–Kier alpha value is -2.64. The Morgan fingerprint density at radius 1 is 1.28 bits per heavy atom. The molecule has 3 rings (SSSR count). The number of aromatic hydroxyl groups is 1. The summed E-state index contributed by atoms with van der Waals surface area (Å²) in [7, 11) is 0. The van der Waals surface area contributed by atoms with E-state index in [2.05, 4.69) is 20.5 Å². The number of benzene rings is 1. The van der Waals surface area contributed by atoms with Crippen molar-refractivity contribution in [2.24, 2.45) is 0 Å². The number of phenols is 1. The first-order chi connectivity index (χ1) is 11.5. The fourth-order valence-electron chi connectivity index (χ4n) is 2.10. The summed E-state index contributed by atoms with van der Waals surface area (Å²) in [5.41, 5.74) is 12.8. The summed E-state index contributed by atoms with van der Waals surface area (Å²) in [6.45, 7) is 0. The first-order valence-corrected chi connectivity index (χ1v) is 7.12. The zero-order valence-corrected chi connectivity index (χ0v) is 15.0. The van der Waals surface area contributed by atoms with Crippen molar-refractivity contribution >= 4 is 34.6 Å². The van der Waals surface area contributed by atoms with Crippen LogP contribution in [0.3, 0.4) is 0 Å². The van der Waals surface area contributed by atoms with Gasteiger partial charge in [-0.25, -0.2) is 0 Å². The molecule has 129 valence electrons. The molecule has 1 radical (unpaired) electrons. The molecule has 0 aliphatic rings. The summed E-state index contributed by atoms with van der Waals surface area (Å²) in [6, 6.07) is 4.48. The van der Waals surface area contributed by atoms with Crippen molar-refractivity contribution in [1.82, 2.24) is 15.2 Å². The van der Waals surface area contributed by atoms with Crippen LogP contribution in [0.1, 0.15) is 10.4 Å². The van der Waals surface area contributed by atoms with Crippen LogP contribution < -0.4 is 21.9 Å². The number of carbonyl (C=O) groups is 1. The Morgan fingerprint density at radius 2 is 2.04 bits per heavy atom. The molecular formula is C15H12ClN6O2Ru. The van der Waals surface area contributed by atoms with E-state index in [-0.39, 0.29) is 47.9 Å².